The number of hydrogen-bond acceptors (Lipinski definition) is 3. The van der Waals surface area contributed by atoms with Gasteiger partial charge < -0.3 is 14.8 Å². The molecule has 0 aromatic heterocycles. The number of halogens is 1. The average molecular weight is 298 g/mol. The van der Waals surface area contributed by atoms with Gasteiger partial charge in [-0.05, 0) is 30.5 Å². The number of nitrogens with one attached hydrogen (secondary N) is 1. The highest BCUT2D eigenvalue weighted by atomic mass is 35.5. The van der Waals surface area contributed by atoms with E-state index in [2.05, 4.69) is 19.2 Å². The highest BCUT2D eigenvalue weighted by Crippen LogP contribution is 2.30. The van der Waals surface area contributed by atoms with Gasteiger partial charge in [-0.25, -0.2) is 0 Å². The molecule has 1 N–H and O–H groups in total. The first-order valence-electron chi connectivity index (χ1n) is 6.86. The van der Waals surface area contributed by atoms with Gasteiger partial charge in [-0.2, -0.15) is 0 Å². The van der Waals surface area contributed by atoms with Crippen molar-refractivity contribution in [3.63, 3.8) is 0 Å². The molecule has 0 saturated carbocycles. The first-order valence-corrected chi connectivity index (χ1v) is 7.40. The summed E-state index contributed by atoms with van der Waals surface area (Å²) in [5.41, 5.74) is 0.563. The highest BCUT2D eigenvalue weighted by molar-refractivity contribution is 6.18. The van der Waals surface area contributed by atoms with E-state index in [4.69, 9.17) is 21.1 Å². The smallest absolute Gasteiger partial charge is 0.251 e. The number of hydrogen-bond donors (Lipinski definition) is 1. The summed E-state index contributed by atoms with van der Waals surface area (Å²) in [6, 6.07) is 5.20. The number of rotatable bonds is 5. The third-order valence-corrected chi connectivity index (χ3v) is 3.45. The molecule has 0 spiro atoms. The van der Waals surface area contributed by atoms with E-state index in [1.54, 1.807) is 18.2 Å². The summed E-state index contributed by atoms with van der Waals surface area (Å²) in [4.78, 5) is 12.2. The van der Waals surface area contributed by atoms with Crippen molar-refractivity contribution >= 4 is 17.5 Å². The van der Waals surface area contributed by atoms with Crippen LogP contribution in [0.3, 0.4) is 0 Å². The Morgan fingerprint density at radius 1 is 1.30 bits per heavy atom. The summed E-state index contributed by atoms with van der Waals surface area (Å²) in [7, 11) is 0. The molecule has 1 atom stereocenters. The lowest BCUT2D eigenvalue weighted by Gasteiger charge is -2.20. The zero-order chi connectivity index (χ0) is 14.5. The number of carbonyl (C=O) groups excluding carboxylic acids is 1. The Kier molecular flexibility index (Phi) is 5.12. The van der Waals surface area contributed by atoms with Gasteiger partial charge in [-0.3, -0.25) is 4.79 Å². The number of carbonyl (C=O) groups is 1. The number of fused-ring (bicyclic) bond motifs is 1. The molecule has 2 rings (SSSR count). The molecule has 1 amide bonds. The molecule has 4 nitrogen and oxygen atoms in total. The van der Waals surface area contributed by atoms with Crippen molar-refractivity contribution < 1.29 is 14.3 Å². The summed E-state index contributed by atoms with van der Waals surface area (Å²) in [5.74, 6) is 2.07. The molecule has 1 aliphatic heterocycles. The summed E-state index contributed by atoms with van der Waals surface area (Å²) in [6.07, 6.45) is 0.861. The van der Waals surface area contributed by atoms with E-state index in [-0.39, 0.29) is 11.9 Å². The lowest BCUT2D eigenvalue weighted by molar-refractivity contribution is 0.0935. The molecule has 110 valence electrons. The van der Waals surface area contributed by atoms with E-state index in [0.29, 0.717) is 42.1 Å². The molecule has 0 fully saturated rings. The number of alkyl halides is 1. The third-order valence-electron chi connectivity index (χ3n) is 3.08. The van der Waals surface area contributed by atoms with Crippen LogP contribution in [0.1, 0.15) is 30.6 Å². The SMILES string of the molecule is CC(C)CC(CCl)NC(=O)c1ccc2c(c1)OCCO2. The molecule has 1 aliphatic rings. The Morgan fingerprint density at radius 2 is 2.00 bits per heavy atom. The van der Waals surface area contributed by atoms with Crippen molar-refractivity contribution in [1.29, 1.82) is 0 Å². The van der Waals surface area contributed by atoms with Gasteiger partial charge in [-0.15, -0.1) is 11.6 Å². The van der Waals surface area contributed by atoms with Crippen LogP contribution in [0.4, 0.5) is 0 Å². The lowest BCUT2D eigenvalue weighted by Crippen LogP contribution is -2.37. The average Bonchev–Trinajstić information content (AvgIpc) is 2.45. The Balaban J connectivity index is 2.05. The number of amides is 1. The molecule has 0 bridgehead atoms. The monoisotopic (exact) mass is 297 g/mol. The lowest BCUT2D eigenvalue weighted by atomic mass is 10.0. The van der Waals surface area contributed by atoms with Crippen LogP contribution in [0.2, 0.25) is 0 Å². The van der Waals surface area contributed by atoms with Gasteiger partial charge in [0, 0.05) is 17.5 Å². The van der Waals surface area contributed by atoms with Gasteiger partial charge in [0.05, 0.1) is 0 Å². The Bertz CT molecular complexity index is 476. The molecule has 0 saturated heterocycles. The van der Waals surface area contributed by atoms with Crippen LogP contribution in [-0.2, 0) is 0 Å². The van der Waals surface area contributed by atoms with Crippen LogP contribution < -0.4 is 14.8 Å². The summed E-state index contributed by atoms with van der Waals surface area (Å²) in [6.45, 7) is 5.27. The molecule has 1 aromatic carbocycles. The van der Waals surface area contributed by atoms with Crippen LogP contribution in [0.15, 0.2) is 18.2 Å². The molecule has 1 heterocycles. The van der Waals surface area contributed by atoms with Gasteiger partial charge >= 0.3 is 0 Å². The van der Waals surface area contributed by atoms with Crippen LogP contribution in [0.25, 0.3) is 0 Å². The quantitative estimate of drug-likeness (QED) is 0.850. The Hall–Kier alpha value is -1.42. The van der Waals surface area contributed by atoms with Crippen LogP contribution in [0.5, 0.6) is 11.5 Å². The zero-order valence-electron chi connectivity index (χ0n) is 11.8. The van der Waals surface area contributed by atoms with Crippen molar-refractivity contribution in [2.45, 2.75) is 26.3 Å². The van der Waals surface area contributed by atoms with Gasteiger partial charge in [0.15, 0.2) is 11.5 Å². The van der Waals surface area contributed by atoms with Crippen molar-refractivity contribution in [3.05, 3.63) is 23.8 Å². The van der Waals surface area contributed by atoms with Gasteiger partial charge in [0.2, 0.25) is 0 Å². The van der Waals surface area contributed by atoms with E-state index in [9.17, 15) is 4.79 Å². The Morgan fingerprint density at radius 3 is 2.65 bits per heavy atom. The second-order valence-corrected chi connectivity index (χ2v) is 5.62. The molecule has 0 aliphatic carbocycles. The molecule has 0 radical (unpaired) electrons. The van der Waals surface area contributed by atoms with Gasteiger partial charge in [0.25, 0.3) is 5.91 Å². The van der Waals surface area contributed by atoms with Crippen molar-refractivity contribution in [1.82, 2.24) is 5.32 Å². The van der Waals surface area contributed by atoms with E-state index in [0.717, 1.165) is 6.42 Å². The maximum atomic E-state index is 12.2. The zero-order valence-corrected chi connectivity index (χ0v) is 12.6. The number of benzene rings is 1. The number of ether oxygens (including phenoxy) is 2. The largest absolute Gasteiger partial charge is 0.486 e. The summed E-state index contributed by atoms with van der Waals surface area (Å²) in [5, 5.41) is 2.95. The maximum absolute atomic E-state index is 12.2. The molecular weight excluding hydrogens is 278 g/mol. The summed E-state index contributed by atoms with van der Waals surface area (Å²) < 4.78 is 10.9. The fourth-order valence-corrected chi connectivity index (χ4v) is 2.39. The maximum Gasteiger partial charge on any atom is 0.251 e. The molecule has 1 unspecified atom stereocenters. The van der Waals surface area contributed by atoms with E-state index < -0.39 is 0 Å². The van der Waals surface area contributed by atoms with Crippen molar-refractivity contribution in [2.75, 3.05) is 19.1 Å². The summed E-state index contributed by atoms with van der Waals surface area (Å²) >= 11 is 5.90. The minimum Gasteiger partial charge on any atom is -0.486 e. The van der Waals surface area contributed by atoms with E-state index in [1.165, 1.54) is 0 Å². The standard InChI is InChI=1S/C15H20ClNO3/c1-10(2)7-12(9-16)17-15(18)11-3-4-13-14(8-11)20-6-5-19-13/h3-4,8,10,12H,5-7,9H2,1-2H3,(H,17,18). The Labute approximate surface area is 124 Å². The van der Waals surface area contributed by atoms with E-state index in [1.807, 2.05) is 0 Å². The third kappa shape index (κ3) is 3.79. The van der Waals surface area contributed by atoms with Crippen LogP contribution >= 0.6 is 11.6 Å². The van der Waals surface area contributed by atoms with Gasteiger partial charge in [0.1, 0.15) is 13.2 Å². The first kappa shape index (κ1) is 15.0. The van der Waals surface area contributed by atoms with Crippen molar-refractivity contribution in [2.24, 2.45) is 5.92 Å². The second kappa shape index (κ2) is 6.84. The van der Waals surface area contributed by atoms with Crippen LogP contribution in [-0.4, -0.2) is 31.0 Å². The highest BCUT2D eigenvalue weighted by Gasteiger charge is 2.17. The predicted octanol–water partition coefficient (Wildman–Crippen LogP) is 2.84. The topological polar surface area (TPSA) is 47.6 Å². The molecule has 1 aromatic rings. The normalized spacial score (nSPS) is 15.0. The van der Waals surface area contributed by atoms with Crippen molar-refractivity contribution in [3.8, 4) is 11.5 Å². The van der Waals surface area contributed by atoms with E-state index >= 15 is 0 Å². The fourth-order valence-electron chi connectivity index (χ4n) is 2.18. The van der Waals surface area contributed by atoms with Gasteiger partial charge in [-0.1, -0.05) is 13.8 Å². The molecule has 5 heteroatoms. The predicted molar refractivity (Wildman–Crippen MR) is 78.9 cm³/mol. The van der Waals surface area contributed by atoms with Crippen LogP contribution in [0, 0.1) is 5.92 Å². The second-order valence-electron chi connectivity index (χ2n) is 5.31. The molecular formula is C15H20ClNO3. The fraction of sp³-hybridized carbons (Fsp3) is 0.533. The minimum atomic E-state index is -0.131. The first-order chi connectivity index (χ1) is 9.60. The minimum absolute atomic E-state index is 0.0163. The molecule has 20 heavy (non-hydrogen) atoms.